The highest BCUT2D eigenvalue weighted by Gasteiger charge is 2.07. The maximum Gasteiger partial charge on any atom is -0.00156 e. The molecular weight excluding hydrogens is 206 g/mol. The molecule has 0 bridgehead atoms. The Bertz CT molecular complexity index is 307. The van der Waals surface area contributed by atoms with Crippen LogP contribution in [0.5, 0.6) is 0 Å². The number of aryl methyl sites for hydroxylation is 2. The highest BCUT2D eigenvalue weighted by Crippen LogP contribution is 2.11. The molecule has 0 unspecified atom stereocenters. The van der Waals surface area contributed by atoms with E-state index in [0.717, 1.165) is 0 Å². The molecule has 1 heteroatoms. The van der Waals surface area contributed by atoms with Crippen LogP contribution >= 0.6 is 0 Å². The average Bonchev–Trinajstić information content (AvgIpc) is 2.60. The third-order valence-electron chi connectivity index (χ3n) is 3.76. The molecule has 2 rings (SSSR count). The van der Waals surface area contributed by atoms with Gasteiger partial charge < -0.3 is 4.90 Å². The lowest BCUT2D eigenvalue weighted by molar-refractivity contribution is 0.281. The third kappa shape index (κ3) is 4.51. The topological polar surface area (TPSA) is 3.24 Å². The number of nitrogens with zero attached hydrogens (tertiary/aromatic N) is 1. The van der Waals surface area contributed by atoms with E-state index < -0.39 is 0 Å². The molecule has 0 amide bonds. The molecule has 17 heavy (non-hydrogen) atoms. The van der Waals surface area contributed by atoms with Crippen LogP contribution in [0, 0.1) is 6.92 Å². The molecule has 1 heterocycles. The third-order valence-corrected chi connectivity index (χ3v) is 3.76. The smallest absolute Gasteiger partial charge is 0.00156 e. The second kappa shape index (κ2) is 6.80. The Morgan fingerprint density at radius 3 is 2.24 bits per heavy atom. The zero-order chi connectivity index (χ0) is 11.9. The molecular formula is C16H25N. The fraction of sp³-hybridized carbons (Fsp3) is 0.625. The molecule has 1 aliphatic heterocycles. The lowest BCUT2D eigenvalue weighted by Crippen LogP contribution is -2.26. The van der Waals surface area contributed by atoms with Gasteiger partial charge in [0.15, 0.2) is 0 Å². The lowest BCUT2D eigenvalue weighted by Gasteiger charge is -2.19. The van der Waals surface area contributed by atoms with Crippen LogP contribution in [0.15, 0.2) is 24.3 Å². The van der Waals surface area contributed by atoms with Gasteiger partial charge in [0.2, 0.25) is 0 Å². The molecule has 1 aromatic rings. The Balaban J connectivity index is 1.69. The van der Waals surface area contributed by atoms with Crippen LogP contribution in [-0.2, 0) is 6.42 Å². The van der Waals surface area contributed by atoms with Gasteiger partial charge in [0.05, 0.1) is 0 Å². The largest absolute Gasteiger partial charge is 0.303 e. The molecule has 0 spiro atoms. The van der Waals surface area contributed by atoms with E-state index in [9.17, 15) is 0 Å². The molecule has 0 N–H and O–H groups in total. The molecule has 1 saturated heterocycles. The van der Waals surface area contributed by atoms with E-state index in [4.69, 9.17) is 0 Å². The number of hydrogen-bond donors (Lipinski definition) is 0. The molecule has 0 atom stereocenters. The molecule has 1 aromatic carbocycles. The van der Waals surface area contributed by atoms with Crippen LogP contribution in [0.2, 0.25) is 0 Å². The first-order valence-electron chi connectivity index (χ1n) is 7.12. The molecule has 0 saturated carbocycles. The molecule has 1 aliphatic rings. The van der Waals surface area contributed by atoms with Gasteiger partial charge >= 0.3 is 0 Å². The van der Waals surface area contributed by atoms with Gasteiger partial charge in [-0.2, -0.15) is 0 Å². The van der Waals surface area contributed by atoms with Gasteiger partial charge in [0, 0.05) is 0 Å². The predicted octanol–water partition coefficient (Wildman–Crippen LogP) is 3.80. The first-order valence-corrected chi connectivity index (χ1v) is 7.12. The van der Waals surface area contributed by atoms with E-state index in [2.05, 4.69) is 36.1 Å². The van der Waals surface area contributed by atoms with Gasteiger partial charge in [-0.05, 0) is 57.8 Å². The second-order valence-electron chi connectivity index (χ2n) is 5.35. The van der Waals surface area contributed by atoms with Crippen molar-refractivity contribution in [3.63, 3.8) is 0 Å². The monoisotopic (exact) mass is 231 g/mol. The Morgan fingerprint density at radius 2 is 1.59 bits per heavy atom. The summed E-state index contributed by atoms with van der Waals surface area (Å²) in [4.78, 5) is 2.65. The van der Waals surface area contributed by atoms with Gasteiger partial charge in [-0.3, -0.25) is 0 Å². The van der Waals surface area contributed by atoms with Gasteiger partial charge in [-0.15, -0.1) is 0 Å². The predicted molar refractivity (Wildman–Crippen MR) is 74.4 cm³/mol. The summed E-state index contributed by atoms with van der Waals surface area (Å²) in [7, 11) is 0. The maximum atomic E-state index is 2.65. The first-order chi connectivity index (χ1) is 8.34. The van der Waals surface area contributed by atoms with E-state index in [-0.39, 0.29) is 0 Å². The summed E-state index contributed by atoms with van der Waals surface area (Å²) < 4.78 is 0. The summed E-state index contributed by atoms with van der Waals surface area (Å²) >= 11 is 0. The SMILES string of the molecule is Cc1ccc(CCCN2CCCCCC2)cc1. The van der Waals surface area contributed by atoms with Gasteiger partial charge in [-0.1, -0.05) is 42.7 Å². The van der Waals surface area contributed by atoms with E-state index in [1.54, 1.807) is 0 Å². The molecule has 0 aliphatic carbocycles. The Kier molecular flexibility index (Phi) is 5.06. The number of likely N-dealkylation sites (tertiary alicyclic amines) is 1. The fourth-order valence-electron chi connectivity index (χ4n) is 2.62. The number of benzene rings is 1. The van der Waals surface area contributed by atoms with Crippen LogP contribution in [0.25, 0.3) is 0 Å². The summed E-state index contributed by atoms with van der Waals surface area (Å²) in [6.07, 6.45) is 8.23. The molecule has 0 radical (unpaired) electrons. The van der Waals surface area contributed by atoms with Crippen molar-refractivity contribution < 1.29 is 0 Å². The van der Waals surface area contributed by atoms with E-state index in [0.29, 0.717) is 0 Å². The van der Waals surface area contributed by atoms with Crippen molar-refractivity contribution in [2.24, 2.45) is 0 Å². The van der Waals surface area contributed by atoms with Crippen LogP contribution in [0.3, 0.4) is 0 Å². The average molecular weight is 231 g/mol. The van der Waals surface area contributed by atoms with Crippen molar-refractivity contribution in [3.05, 3.63) is 35.4 Å². The van der Waals surface area contributed by atoms with Crippen molar-refractivity contribution in [3.8, 4) is 0 Å². The minimum Gasteiger partial charge on any atom is -0.303 e. The zero-order valence-electron chi connectivity index (χ0n) is 11.1. The van der Waals surface area contributed by atoms with E-state index in [1.807, 2.05) is 0 Å². The Morgan fingerprint density at radius 1 is 0.941 bits per heavy atom. The molecule has 1 fully saturated rings. The maximum absolute atomic E-state index is 2.65. The van der Waals surface area contributed by atoms with E-state index in [1.165, 1.54) is 69.3 Å². The van der Waals surface area contributed by atoms with Crippen molar-refractivity contribution in [2.75, 3.05) is 19.6 Å². The van der Waals surface area contributed by atoms with E-state index >= 15 is 0 Å². The van der Waals surface area contributed by atoms with Crippen molar-refractivity contribution >= 4 is 0 Å². The van der Waals surface area contributed by atoms with Crippen LogP contribution in [0.4, 0.5) is 0 Å². The standard InChI is InChI=1S/C16H25N/c1-15-8-10-16(11-9-15)7-6-14-17-12-4-2-3-5-13-17/h8-11H,2-7,12-14H2,1H3. The molecule has 1 nitrogen and oxygen atoms in total. The summed E-state index contributed by atoms with van der Waals surface area (Å²) in [6.45, 7) is 6.09. The second-order valence-corrected chi connectivity index (χ2v) is 5.35. The minimum absolute atomic E-state index is 1.23. The normalized spacial score (nSPS) is 17.9. The molecule has 94 valence electrons. The first kappa shape index (κ1) is 12.6. The minimum atomic E-state index is 1.23. The summed E-state index contributed by atoms with van der Waals surface area (Å²) in [5.41, 5.74) is 2.85. The van der Waals surface area contributed by atoms with Crippen LogP contribution in [-0.4, -0.2) is 24.5 Å². The van der Waals surface area contributed by atoms with Crippen molar-refractivity contribution in [1.82, 2.24) is 4.90 Å². The molecule has 0 aromatic heterocycles. The lowest BCUT2D eigenvalue weighted by atomic mass is 10.1. The van der Waals surface area contributed by atoms with Crippen molar-refractivity contribution in [2.45, 2.75) is 45.4 Å². The Labute approximate surface area is 106 Å². The summed E-state index contributed by atoms with van der Waals surface area (Å²) in [5, 5.41) is 0. The number of rotatable bonds is 4. The van der Waals surface area contributed by atoms with Crippen molar-refractivity contribution in [1.29, 1.82) is 0 Å². The zero-order valence-corrected chi connectivity index (χ0v) is 11.1. The Hall–Kier alpha value is -0.820. The van der Waals surface area contributed by atoms with Gasteiger partial charge in [-0.25, -0.2) is 0 Å². The highest BCUT2D eigenvalue weighted by molar-refractivity contribution is 5.21. The van der Waals surface area contributed by atoms with Gasteiger partial charge in [0.1, 0.15) is 0 Å². The number of hydrogen-bond acceptors (Lipinski definition) is 1. The van der Waals surface area contributed by atoms with Crippen LogP contribution < -0.4 is 0 Å². The highest BCUT2D eigenvalue weighted by atomic mass is 15.1. The summed E-state index contributed by atoms with van der Waals surface area (Å²) in [5.74, 6) is 0. The van der Waals surface area contributed by atoms with Crippen LogP contribution in [0.1, 0.15) is 43.2 Å². The summed E-state index contributed by atoms with van der Waals surface area (Å²) in [6, 6.07) is 9.00. The van der Waals surface area contributed by atoms with Gasteiger partial charge in [0.25, 0.3) is 0 Å². The quantitative estimate of drug-likeness (QED) is 0.762. The fourth-order valence-corrected chi connectivity index (χ4v) is 2.62.